The van der Waals surface area contributed by atoms with Gasteiger partial charge in [-0.1, -0.05) is 11.8 Å². The Kier molecular flexibility index (Phi) is 1.77. The molecule has 5 nitrogen and oxygen atoms in total. The molecule has 0 bridgehead atoms. The van der Waals surface area contributed by atoms with E-state index in [1.807, 2.05) is 0 Å². The second kappa shape index (κ2) is 2.81. The summed E-state index contributed by atoms with van der Waals surface area (Å²) in [7, 11) is 0. The van der Waals surface area contributed by atoms with Crippen LogP contribution in [0.2, 0.25) is 0 Å². The van der Waals surface area contributed by atoms with Crippen LogP contribution in [0.25, 0.3) is 0 Å². The maximum atomic E-state index is 11.0. The molecule has 0 saturated carbocycles. The fourth-order valence-electron chi connectivity index (χ4n) is 0.956. The van der Waals surface area contributed by atoms with Crippen LogP contribution in [0.3, 0.4) is 0 Å². The fraction of sp³-hybridized carbons (Fsp3) is 0.143. The highest BCUT2D eigenvalue weighted by Gasteiger charge is 2.31. The number of nitrogens with zero attached hydrogens (tertiary/aromatic N) is 2. The van der Waals surface area contributed by atoms with Gasteiger partial charge in [-0.2, -0.15) is 0 Å². The normalized spacial score (nSPS) is 14.2. The van der Waals surface area contributed by atoms with Crippen LogP contribution in [0.5, 0.6) is 0 Å². The number of ether oxygens (including phenoxy) is 1. The van der Waals surface area contributed by atoms with E-state index in [9.17, 15) is 9.59 Å². The summed E-state index contributed by atoms with van der Waals surface area (Å²) >= 11 is 1.30. The van der Waals surface area contributed by atoms with Crippen LogP contribution in [0.1, 0.15) is 20.8 Å². The molecular weight excluding hydrogens is 192 g/mol. The average Bonchev–Trinajstić information content (AvgIpc) is 2.42. The molecule has 1 aromatic rings. The van der Waals surface area contributed by atoms with Crippen molar-refractivity contribution in [3.63, 3.8) is 0 Å². The summed E-state index contributed by atoms with van der Waals surface area (Å²) in [6.45, 7) is 0. The minimum Gasteiger partial charge on any atom is -0.384 e. The van der Waals surface area contributed by atoms with Crippen LogP contribution in [0, 0.1) is 0 Å². The molecule has 0 atom stereocenters. The molecule has 2 heterocycles. The zero-order chi connectivity index (χ0) is 9.42. The first-order valence-electron chi connectivity index (χ1n) is 3.40. The molecule has 1 aliphatic rings. The van der Waals surface area contributed by atoms with Crippen LogP contribution in [0.4, 0.5) is 0 Å². The van der Waals surface area contributed by atoms with Crippen LogP contribution in [-0.2, 0) is 4.74 Å². The number of thioether (sulfide) groups is 1. The van der Waals surface area contributed by atoms with Crippen molar-refractivity contribution < 1.29 is 14.3 Å². The topological polar surface area (TPSA) is 69.2 Å². The molecule has 6 heteroatoms. The zero-order valence-corrected chi connectivity index (χ0v) is 7.42. The lowest BCUT2D eigenvalue weighted by molar-refractivity contribution is 0.0441. The number of fused-ring (bicyclic) bond motifs is 1. The summed E-state index contributed by atoms with van der Waals surface area (Å²) in [5.74, 6) is -1.37. The Hall–Kier alpha value is -1.43. The monoisotopic (exact) mass is 196 g/mol. The van der Waals surface area contributed by atoms with Gasteiger partial charge in [0, 0.05) is 6.20 Å². The first kappa shape index (κ1) is 8.18. The molecule has 0 aliphatic carbocycles. The Balaban J connectivity index is 2.58. The van der Waals surface area contributed by atoms with Gasteiger partial charge >= 0.3 is 11.9 Å². The number of carbonyl (C=O) groups excluding carboxylic acids is 2. The van der Waals surface area contributed by atoms with E-state index >= 15 is 0 Å². The van der Waals surface area contributed by atoms with E-state index in [0.29, 0.717) is 5.16 Å². The third-order valence-corrected chi connectivity index (χ3v) is 2.11. The van der Waals surface area contributed by atoms with Crippen molar-refractivity contribution in [1.29, 1.82) is 0 Å². The van der Waals surface area contributed by atoms with Gasteiger partial charge in [0.1, 0.15) is 5.56 Å². The van der Waals surface area contributed by atoms with Crippen LogP contribution in [-0.4, -0.2) is 28.2 Å². The minimum atomic E-state index is -0.697. The van der Waals surface area contributed by atoms with Gasteiger partial charge in [0.15, 0.2) is 10.9 Å². The molecule has 1 aromatic heterocycles. The molecular formula is C7H4N2O3S. The third kappa shape index (κ3) is 1.19. The van der Waals surface area contributed by atoms with Crippen LogP contribution in [0.15, 0.2) is 11.4 Å². The lowest BCUT2D eigenvalue weighted by Crippen LogP contribution is -1.99. The number of aromatic nitrogens is 2. The van der Waals surface area contributed by atoms with E-state index in [1.54, 1.807) is 6.26 Å². The summed E-state index contributed by atoms with van der Waals surface area (Å²) in [6, 6.07) is 0. The van der Waals surface area contributed by atoms with Gasteiger partial charge in [0.2, 0.25) is 0 Å². The van der Waals surface area contributed by atoms with Crippen molar-refractivity contribution in [3.8, 4) is 0 Å². The van der Waals surface area contributed by atoms with Crippen molar-refractivity contribution in [1.82, 2.24) is 9.97 Å². The SMILES string of the molecule is CSc1ncc2c(n1)C(=O)OC2=O. The highest BCUT2D eigenvalue weighted by atomic mass is 32.2. The quantitative estimate of drug-likeness (QED) is 0.282. The maximum Gasteiger partial charge on any atom is 0.365 e. The summed E-state index contributed by atoms with van der Waals surface area (Å²) in [5.41, 5.74) is 0.201. The van der Waals surface area contributed by atoms with E-state index in [4.69, 9.17) is 0 Å². The highest BCUT2D eigenvalue weighted by Crippen LogP contribution is 2.19. The Bertz CT molecular complexity index is 405. The van der Waals surface area contributed by atoms with Gasteiger partial charge in [-0.3, -0.25) is 0 Å². The van der Waals surface area contributed by atoms with Crippen molar-refractivity contribution in [2.45, 2.75) is 5.16 Å². The van der Waals surface area contributed by atoms with Gasteiger partial charge < -0.3 is 4.74 Å². The van der Waals surface area contributed by atoms with Gasteiger partial charge in [-0.15, -0.1) is 0 Å². The number of cyclic esters (lactones) is 2. The van der Waals surface area contributed by atoms with Crippen molar-refractivity contribution in [2.75, 3.05) is 6.26 Å². The molecule has 0 aromatic carbocycles. The second-order valence-electron chi connectivity index (χ2n) is 2.30. The van der Waals surface area contributed by atoms with Crippen molar-refractivity contribution >= 4 is 23.7 Å². The Labute approximate surface area is 77.5 Å². The van der Waals surface area contributed by atoms with Gasteiger partial charge in [-0.25, -0.2) is 19.6 Å². The molecule has 0 unspecified atom stereocenters. The molecule has 66 valence electrons. The van der Waals surface area contributed by atoms with Crippen LogP contribution < -0.4 is 0 Å². The number of hydrogen-bond acceptors (Lipinski definition) is 6. The van der Waals surface area contributed by atoms with Gasteiger partial charge in [0.05, 0.1) is 0 Å². The predicted octanol–water partition coefficient (Wildman–Crippen LogP) is 0.509. The van der Waals surface area contributed by atoms with E-state index in [2.05, 4.69) is 14.7 Å². The summed E-state index contributed by atoms with van der Waals surface area (Å²) < 4.78 is 4.34. The summed E-state index contributed by atoms with van der Waals surface area (Å²) in [4.78, 5) is 29.7. The zero-order valence-electron chi connectivity index (χ0n) is 6.60. The predicted molar refractivity (Wildman–Crippen MR) is 43.6 cm³/mol. The molecule has 0 radical (unpaired) electrons. The smallest absolute Gasteiger partial charge is 0.365 e. The molecule has 0 saturated heterocycles. The summed E-state index contributed by atoms with van der Waals surface area (Å²) in [6.07, 6.45) is 3.09. The number of esters is 2. The molecule has 0 spiro atoms. The maximum absolute atomic E-state index is 11.0. The van der Waals surface area contributed by atoms with Crippen molar-refractivity contribution in [3.05, 3.63) is 17.5 Å². The van der Waals surface area contributed by atoms with E-state index in [-0.39, 0.29) is 11.3 Å². The first-order valence-corrected chi connectivity index (χ1v) is 4.62. The summed E-state index contributed by atoms with van der Waals surface area (Å²) in [5, 5.41) is 0.449. The molecule has 1 aliphatic heterocycles. The van der Waals surface area contributed by atoms with Gasteiger partial charge in [-0.05, 0) is 6.26 Å². The molecule has 2 rings (SSSR count). The minimum absolute atomic E-state index is 0.0596. The van der Waals surface area contributed by atoms with Crippen molar-refractivity contribution in [2.24, 2.45) is 0 Å². The lowest BCUT2D eigenvalue weighted by atomic mass is 10.3. The number of hydrogen-bond donors (Lipinski definition) is 0. The highest BCUT2D eigenvalue weighted by molar-refractivity contribution is 7.98. The largest absolute Gasteiger partial charge is 0.384 e. The number of carbonyl (C=O) groups is 2. The Morgan fingerprint density at radius 3 is 2.85 bits per heavy atom. The Morgan fingerprint density at radius 2 is 2.15 bits per heavy atom. The molecule has 0 amide bonds. The lowest BCUT2D eigenvalue weighted by Gasteiger charge is -1.93. The van der Waals surface area contributed by atoms with Gasteiger partial charge in [0.25, 0.3) is 0 Å². The van der Waals surface area contributed by atoms with E-state index in [1.165, 1.54) is 18.0 Å². The second-order valence-corrected chi connectivity index (χ2v) is 3.07. The fourth-order valence-corrected chi connectivity index (χ4v) is 1.30. The third-order valence-electron chi connectivity index (χ3n) is 1.55. The van der Waals surface area contributed by atoms with E-state index < -0.39 is 11.9 Å². The molecule has 0 fully saturated rings. The average molecular weight is 196 g/mol. The van der Waals surface area contributed by atoms with E-state index in [0.717, 1.165) is 0 Å². The number of rotatable bonds is 1. The Morgan fingerprint density at radius 1 is 1.38 bits per heavy atom. The first-order chi connectivity index (χ1) is 6.22. The molecule has 0 N–H and O–H groups in total. The standard InChI is InChI=1S/C7H4N2O3S/c1-13-7-8-2-3-4(9-7)6(11)12-5(3)10/h2H,1H3. The van der Waals surface area contributed by atoms with Crippen LogP contribution >= 0.6 is 11.8 Å². The molecule has 13 heavy (non-hydrogen) atoms.